The van der Waals surface area contributed by atoms with Crippen molar-refractivity contribution in [2.45, 2.75) is 19.2 Å². The Morgan fingerprint density at radius 3 is 2.11 bits per heavy atom. The van der Waals surface area contributed by atoms with Crippen molar-refractivity contribution in [1.29, 1.82) is 0 Å². The van der Waals surface area contributed by atoms with Crippen LogP contribution in [0.1, 0.15) is 11.3 Å². The molecule has 10 heteroatoms. The summed E-state index contributed by atoms with van der Waals surface area (Å²) < 4.78 is 88.2. The number of alkyl halides is 7. The molecule has 0 spiro atoms. The van der Waals surface area contributed by atoms with Gasteiger partial charge in [0.2, 0.25) is 5.88 Å². The van der Waals surface area contributed by atoms with Crippen molar-refractivity contribution in [3.8, 4) is 5.88 Å². The van der Waals surface area contributed by atoms with E-state index in [0.717, 1.165) is 0 Å². The molecule has 1 aromatic rings. The van der Waals surface area contributed by atoms with Gasteiger partial charge in [-0.25, -0.2) is 9.37 Å². The van der Waals surface area contributed by atoms with Crippen LogP contribution in [0.5, 0.6) is 5.88 Å². The second-order valence-electron chi connectivity index (χ2n) is 2.95. The Bertz CT molecular complexity index is 442. The van der Waals surface area contributed by atoms with Crippen LogP contribution in [0.3, 0.4) is 0 Å². The van der Waals surface area contributed by atoms with E-state index in [1.807, 2.05) is 0 Å². The number of hydrogen-bond donors (Lipinski definition) is 0. The highest BCUT2D eigenvalue weighted by atomic mass is 127. The molecule has 2 nitrogen and oxygen atoms in total. The molecule has 0 radical (unpaired) electrons. The number of aromatic nitrogens is 1. The zero-order chi connectivity index (χ0) is 14.1. The predicted molar refractivity (Wildman–Crippen MR) is 53.5 cm³/mol. The molecule has 1 aromatic heterocycles. The molecule has 1 rings (SSSR count). The van der Waals surface area contributed by atoms with Crippen molar-refractivity contribution in [2.75, 3.05) is 0 Å². The molecule has 0 aliphatic rings. The van der Waals surface area contributed by atoms with Crippen molar-refractivity contribution in [3.63, 3.8) is 0 Å². The molecule has 0 saturated heterocycles. The van der Waals surface area contributed by atoms with E-state index in [4.69, 9.17) is 0 Å². The fraction of sp³-hybridized carbons (Fsp3) is 0.375. The van der Waals surface area contributed by atoms with Crippen LogP contribution in [-0.4, -0.2) is 11.3 Å². The molecule has 0 N–H and O–H groups in total. The van der Waals surface area contributed by atoms with Gasteiger partial charge in [0.1, 0.15) is 12.4 Å². The molecule has 0 fully saturated rings. The van der Waals surface area contributed by atoms with Gasteiger partial charge in [-0.2, -0.15) is 13.2 Å². The molecule has 0 aliphatic heterocycles. The molecule has 0 aliphatic carbocycles. The second kappa shape index (κ2) is 5.05. The topological polar surface area (TPSA) is 22.1 Å². The molecular formula is C8H3F7INO. The average molecular weight is 389 g/mol. The van der Waals surface area contributed by atoms with Gasteiger partial charge < -0.3 is 4.74 Å². The van der Waals surface area contributed by atoms with Crippen molar-refractivity contribution < 1.29 is 35.5 Å². The molecule has 102 valence electrons. The summed E-state index contributed by atoms with van der Waals surface area (Å²) in [6, 6.07) is 0.443. The lowest BCUT2D eigenvalue weighted by Crippen LogP contribution is -2.21. The fourth-order valence-corrected chi connectivity index (χ4v) is 1.65. The summed E-state index contributed by atoms with van der Waals surface area (Å²) >= 11 is 1.28. The Hall–Kier alpha value is -0.810. The number of hydrogen-bond acceptors (Lipinski definition) is 2. The van der Waals surface area contributed by atoms with Gasteiger partial charge in [0.25, 0.3) is 0 Å². The first-order chi connectivity index (χ1) is 8.04. The van der Waals surface area contributed by atoms with Crippen LogP contribution >= 0.6 is 22.6 Å². The summed E-state index contributed by atoms with van der Waals surface area (Å²) in [5.41, 5.74) is -2.26. The molecule has 0 saturated carbocycles. The Kier molecular flexibility index (Phi) is 4.28. The smallest absolute Gasteiger partial charge is 0.387 e. The molecule has 18 heavy (non-hydrogen) atoms. The van der Waals surface area contributed by atoms with Crippen LogP contribution in [0.4, 0.5) is 30.7 Å². The lowest BCUT2D eigenvalue weighted by atomic mass is 10.2. The van der Waals surface area contributed by atoms with E-state index in [0.29, 0.717) is 6.07 Å². The molecule has 0 aromatic carbocycles. The maximum absolute atomic E-state index is 12.5. The van der Waals surface area contributed by atoms with Gasteiger partial charge in [0.15, 0.2) is 0 Å². The van der Waals surface area contributed by atoms with Crippen LogP contribution in [0.25, 0.3) is 0 Å². The third kappa shape index (κ3) is 3.85. The van der Waals surface area contributed by atoms with E-state index in [9.17, 15) is 30.7 Å². The van der Waals surface area contributed by atoms with E-state index >= 15 is 0 Å². The third-order valence-corrected chi connectivity index (χ3v) is 2.63. The van der Waals surface area contributed by atoms with Crippen LogP contribution in [-0.2, 0) is 12.9 Å². The third-order valence-electron chi connectivity index (χ3n) is 1.67. The quantitative estimate of drug-likeness (QED) is 0.562. The number of nitrogens with zero attached hydrogens (tertiary/aromatic N) is 1. The van der Waals surface area contributed by atoms with Gasteiger partial charge in [0.05, 0.1) is 5.56 Å². The zero-order valence-corrected chi connectivity index (χ0v) is 10.3. The van der Waals surface area contributed by atoms with Crippen molar-refractivity contribution >= 4 is 22.6 Å². The van der Waals surface area contributed by atoms with Gasteiger partial charge in [0, 0.05) is 3.57 Å². The Balaban J connectivity index is 3.33. The van der Waals surface area contributed by atoms with E-state index < -0.39 is 36.4 Å². The number of rotatable bonds is 2. The minimum Gasteiger partial charge on any atom is -0.387 e. The Morgan fingerprint density at radius 1 is 1.17 bits per heavy atom. The van der Waals surface area contributed by atoms with E-state index in [2.05, 4.69) is 9.72 Å². The van der Waals surface area contributed by atoms with Gasteiger partial charge >= 0.3 is 12.5 Å². The lowest BCUT2D eigenvalue weighted by molar-refractivity contribution is -0.276. The van der Waals surface area contributed by atoms with Gasteiger partial charge in [-0.1, -0.05) is 0 Å². The highest BCUT2D eigenvalue weighted by Crippen LogP contribution is 2.35. The number of pyridine rings is 1. The SMILES string of the molecule is FCc1c(I)cc(C(F)(F)F)nc1OC(F)(F)F. The van der Waals surface area contributed by atoms with Crippen LogP contribution in [0.15, 0.2) is 6.07 Å². The number of ether oxygens (including phenoxy) is 1. The van der Waals surface area contributed by atoms with Crippen molar-refractivity contribution in [2.24, 2.45) is 0 Å². The minimum absolute atomic E-state index is 0.350. The molecule has 1 heterocycles. The van der Waals surface area contributed by atoms with Gasteiger partial charge in [-0.3, -0.25) is 0 Å². The van der Waals surface area contributed by atoms with Crippen LogP contribution in [0, 0.1) is 3.57 Å². The van der Waals surface area contributed by atoms with Crippen LogP contribution in [0.2, 0.25) is 0 Å². The predicted octanol–water partition coefficient (Wildman–Crippen LogP) is 4.07. The van der Waals surface area contributed by atoms with E-state index in [1.165, 1.54) is 22.6 Å². The summed E-state index contributed by atoms with van der Waals surface area (Å²) in [7, 11) is 0. The first-order valence-electron chi connectivity index (χ1n) is 4.13. The summed E-state index contributed by atoms with van der Waals surface area (Å²) in [6.45, 7) is -1.42. The largest absolute Gasteiger partial charge is 0.574 e. The molecule has 0 unspecified atom stereocenters. The summed E-state index contributed by atoms with van der Waals surface area (Å²) in [5.74, 6) is -1.43. The summed E-state index contributed by atoms with van der Waals surface area (Å²) in [4.78, 5) is 2.65. The van der Waals surface area contributed by atoms with Crippen LogP contribution < -0.4 is 4.74 Å². The highest BCUT2D eigenvalue weighted by molar-refractivity contribution is 14.1. The van der Waals surface area contributed by atoms with Crippen molar-refractivity contribution in [3.05, 3.63) is 20.9 Å². The lowest BCUT2D eigenvalue weighted by Gasteiger charge is -2.14. The normalized spacial score (nSPS) is 12.7. The standard InChI is InChI=1S/C8H3F7INO/c9-2-3-4(16)1-5(7(10,11)12)17-6(3)18-8(13,14)15/h1H,2H2. The maximum Gasteiger partial charge on any atom is 0.574 e. The first kappa shape index (κ1) is 15.2. The molecular weight excluding hydrogens is 386 g/mol. The average Bonchev–Trinajstić information content (AvgIpc) is 2.13. The summed E-state index contributed by atoms with van der Waals surface area (Å²) in [5, 5.41) is 0. The maximum atomic E-state index is 12.5. The van der Waals surface area contributed by atoms with Crippen molar-refractivity contribution in [1.82, 2.24) is 4.98 Å². The first-order valence-corrected chi connectivity index (χ1v) is 5.21. The highest BCUT2D eigenvalue weighted by Gasteiger charge is 2.37. The van der Waals surface area contributed by atoms with E-state index in [1.54, 1.807) is 0 Å². The van der Waals surface area contributed by atoms with E-state index in [-0.39, 0.29) is 3.57 Å². The molecule has 0 amide bonds. The zero-order valence-electron chi connectivity index (χ0n) is 8.16. The molecule has 0 atom stereocenters. The Morgan fingerprint density at radius 2 is 1.72 bits per heavy atom. The summed E-state index contributed by atoms with van der Waals surface area (Å²) in [6.07, 6.45) is -10.2. The monoisotopic (exact) mass is 389 g/mol. The fourth-order valence-electron chi connectivity index (χ4n) is 0.979. The Labute approximate surface area is 109 Å². The van der Waals surface area contributed by atoms with Gasteiger partial charge in [-0.05, 0) is 28.7 Å². The molecule has 0 bridgehead atoms. The number of halogens is 8. The van der Waals surface area contributed by atoms with Gasteiger partial charge in [-0.15, -0.1) is 13.2 Å². The second-order valence-corrected chi connectivity index (χ2v) is 4.11. The minimum atomic E-state index is -5.25.